The first-order valence-corrected chi connectivity index (χ1v) is 10.0. The molecule has 0 saturated heterocycles. The van der Waals surface area contributed by atoms with Crippen LogP contribution < -0.4 is 20.3 Å². The van der Waals surface area contributed by atoms with Gasteiger partial charge in [-0.05, 0) is 35.4 Å². The largest absolute Gasteiger partial charge is 0.506 e. The molecular formula is C24H19N3O5. The predicted octanol–water partition coefficient (Wildman–Crippen LogP) is 2.81. The average molecular weight is 429 g/mol. The molecule has 0 atom stereocenters. The lowest BCUT2D eigenvalue weighted by Crippen LogP contribution is -2.33. The van der Waals surface area contributed by atoms with E-state index in [2.05, 4.69) is 10.3 Å². The maximum atomic E-state index is 13.3. The van der Waals surface area contributed by atoms with Gasteiger partial charge in [-0.25, -0.2) is 4.98 Å². The van der Waals surface area contributed by atoms with E-state index in [0.29, 0.717) is 22.5 Å². The Morgan fingerprint density at radius 2 is 1.84 bits per heavy atom. The van der Waals surface area contributed by atoms with Crippen molar-refractivity contribution in [1.82, 2.24) is 14.9 Å². The molecule has 3 heterocycles. The first-order valence-electron chi connectivity index (χ1n) is 10.0. The molecule has 4 aromatic rings. The van der Waals surface area contributed by atoms with Gasteiger partial charge in [0.1, 0.15) is 17.0 Å². The van der Waals surface area contributed by atoms with Gasteiger partial charge in [0.2, 0.25) is 6.79 Å². The number of benzene rings is 2. The lowest BCUT2D eigenvalue weighted by molar-refractivity contribution is 0.0946. The van der Waals surface area contributed by atoms with Crippen LogP contribution in [-0.2, 0) is 13.1 Å². The Morgan fingerprint density at radius 1 is 1.03 bits per heavy atom. The van der Waals surface area contributed by atoms with Crippen LogP contribution in [0.15, 0.2) is 71.7 Å². The molecule has 2 aromatic heterocycles. The molecule has 0 aliphatic carbocycles. The predicted molar refractivity (Wildman–Crippen MR) is 117 cm³/mol. The highest BCUT2D eigenvalue weighted by Gasteiger charge is 2.23. The van der Waals surface area contributed by atoms with E-state index in [1.165, 1.54) is 4.57 Å². The van der Waals surface area contributed by atoms with Crippen molar-refractivity contribution in [2.75, 3.05) is 6.79 Å². The Balaban J connectivity index is 1.50. The molecule has 0 saturated carbocycles. The number of nitrogens with zero attached hydrogens (tertiary/aromatic N) is 2. The van der Waals surface area contributed by atoms with E-state index in [-0.39, 0.29) is 31.2 Å². The number of hydrogen-bond acceptors (Lipinski definition) is 6. The Kier molecular flexibility index (Phi) is 4.95. The average Bonchev–Trinajstić information content (AvgIpc) is 3.29. The zero-order valence-corrected chi connectivity index (χ0v) is 16.9. The molecule has 0 bridgehead atoms. The molecule has 160 valence electrons. The maximum Gasteiger partial charge on any atom is 0.269 e. The van der Waals surface area contributed by atoms with Crippen molar-refractivity contribution in [2.24, 2.45) is 0 Å². The fourth-order valence-electron chi connectivity index (χ4n) is 3.70. The van der Waals surface area contributed by atoms with Gasteiger partial charge in [-0.2, -0.15) is 0 Å². The van der Waals surface area contributed by atoms with E-state index in [1.54, 1.807) is 36.5 Å². The summed E-state index contributed by atoms with van der Waals surface area (Å²) in [6.07, 6.45) is 1.54. The molecule has 8 nitrogen and oxygen atoms in total. The normalized spacial score (nSPS) is 12.1. The van der Waals surface area contributed by atoms with Crippen LogP contribution in [0.3, 0.4) is 0 Å². The zero-order valence-electron chi connectivity index (χ0n) is 16.9. The van der Waals surface area contributed by atoms with Gasteiger partial charge in [0.05, 0.1) is 11.9 Å². The zero-order chi connectivity index (χ0) is 22.1. The summed E-state index contributed by atoms with van der Waals surface area (Å²) in [5.41, 5.74) is 1.03. The summed E-state index contributed by atoms with van der Waals surface area (Å²) in [6.45, 7) is 0.527. The minimum atomic E-state index is -0.669. The van der Waals surface area contributed by atoms with Crippen molar-refractivity contribution in [3.05, 3.63) is 93.9 Å². The van der Waals surface area contributed by atoms with Crippen LogP contribution in [0.5, 0.6) is 17.2 Å². The fourth-order valence-corrected chi connectivity index (χ4v) is 3.70. The molecule has 0 fully saturated rings. The van der Waals surface area contributed by atoms with Crippen molar-refractivity contribution >= 4 is 16.9 Å². The number of nitrogens with one attached hydrogen (secondary N) is 1. The van der Waals surface area contributed by atoms with E-state index in [1.807, 2.05) is 30.3 Å². The summed E-state index contributed by atoms with van der Waals surface area (Å²) in [6, 6.07) is 18.0. The standard InChI is InChI=1S/C24H19N3O5/c28-21-17-7-4-10-25-22(17)27(13-15-5-2-1-3-6-15)24(30)20(21)23(29)26-12-16-8-9-18-19(11-16)32-14-31-18/h1-11,28H,12-14H2,(H,26,29). The first kappa shape index (κ1) is 19.6. The van der Waals surface area contributed by atoms with Crippen LogP contribution in [0.25, 0.3) is 11.0 Å². The maximum absolute atomic E-state index is 13.3. The second kappa shape index (κ2) is 8.07. The Morgan fingerprint density at radius 3 is 2.69 bits per heavy atom. The monoisotopic (exact) mass is 429 g/mol. The number of hydrogen-bond donors (Lipinski definition) is 2. The number of carbonyl (C=O) groups excluding carboxylic acids is 1. The second-order valence-electron chi connectivity index (χ2n) is 7.35. The van der Waals surface area contributed by atoms with Gasteiger partial charge in [0.25, 0.3) is 11.5 Å². The number of aromatic nitrogens is 2. The molecule has 1 aliphatic heterocycles. The van der Waals surface area contributed by atoms with Crippen LogP contribution in [0, 0.1) is 0 Å². The third-order valence-electron chi connectivity index (χ3n) is 5.29. The summed E-state index contributed by atoms with van der Waals surface area (Å²) in [7, 11) is 0. The SMILES string of the molecule is O=C(NCc1ccc2c(c1)OCO2)c1c(O)c2cccnc2n(Cc2ccccc2)c1=O. The Bertz CT molecular complexity index is 1380. The van der Waals surface area contributed by atoms with Crippen LogP contribution in [0.2, 0.25) is 0 Å². The van der Waals surface area contributed by atoms with Crippen LogP contribution in [0.4, 0.5) is 0 Å². The molecule has 0 unspecified atom stereocenters. The lowest BCUT2D eigenvalue weighted by Gasteiger charge is -2.14. The number of fused-ring (bicyclic) bond motifs is 2. The van der Waals surface area contributed by atoms with Gasteiger partial charge in [-0.15, -0.1) is 0 Å². The van der Waals surface area contributed by atoms with Gasteiger partial charge < -0.3 is 19.9 Å². The summed E-state index contributed by atoms with van der Waals surface area (Å²) >= 11 is 0. The van der Waals surface area contributed by atoms with Gasteiger partial charge in [-0.3, -0.25) is 14.2 Å². The van der Waals surface area contributed by atoms with Crippen molar-refractivity contribution in [3.8, 4) is 17.2 Å². The smallest absolute Gasteiger partial charge is 0.269 e. The third-order valence-corrected chi connectivity index (χ3v) is 5.29. The molecule has 2 N–H and O–H groups in total. The molecule has 32 heavy (non-hydrogen) atoms. The number of aromatic hydroxyl groups is 1. The second-order valence-corrected chi connectivity index (χ2v) is 7.35. The molecule has 5 rings (SSSR count). The molecule has 8 heteroatoms. The van der Waals surface area contributed by atoms with Crippen molar-refractivity contribution in [1.29, 1.82) is 0 Å². The summed E-state index contributed by atoms with van der Waals surface area (Å²) in [5.74, 6) is 0.188. The molecule has 0 spiro atoms. The molecule has 2 aromatic carbocycles. The Hall–Kier alpha value is -4.33. The lowest BCUT2D eigenvalue weighted by atomic mass is 10.1. The highest BCUT2D eigenvalue weighted by Crippen LogP contribution is 2.32. The van der Waals surface area contributed by atoms with Gasteiger partial charge >= 0.3 is 0 Å². The van der Waals surface area contributed by atoms with Crippen molar-refractivity contribution in [2.45, 2.75) is 13.1 Å². The number of pyridine rings is 2. The van der Waals surface area contributed by atoms with E-state index in [4.69, 9.17) is 9.47 Å². The van der Waals surface area contributed by atoms with E-state index in [0.717, 1.165) is 11.1 Å². The highest BCUT2D eigenvalue weighted by atomic mass is 16.7. The van der Waals surface area contributed by atoms with Crippen LogP contribution in [-0.4, -0.2) is 27.4 Å². The fraction of sp³-hybridized carbons (Fsp3) is 0.125. The molecule has 1 aliphatic rings. The van der Waals surface area contributed by atoms with E-state index < -0.39 is 11.5 Å². The minimum Gasteiger partial charge on any atom is -0.506 e. The van der Waals surface area contributed by atoms with Crippen LogP contribution in [0.1, 0.15) is 21.5 Å². The molecular weight excluding hydrogens is 410 g/mol. The summed E-state index contributed by atoms with van der Waals surface area (Å²) < 4.78 is 12.0. The van der Waals surface area contributed by atoms with Gasteiger partial charge in [0.15, 0.2) is 11.5 Å². The van der Waals surface area contributed by atoms with Crippen molar-refractivity contribution in [3.63, 3.8) is 0 Å². The number of rotatable bonds is 5. The van der Waals surface area contributed by atoms with E-state index in [9.17, 15) is 14.7 Å². The van der Waals surface area contributed by atoms with E-state index >= 15 is 0 Å². The van der Waals surface area contributed by atoms with Gasteiger partial charge in [0, 0.05) is 12.7 Å². The number of amides is 1. The topological polar surface area (TPSA) is 103 Å². The van der Waals surface area contributed by atoms with Gasteiger partial charge in [-0.1, -0.05) is 36.4 Å². The molecule has 1 amide bonds. The van der Waals surface area contributed by atoms with Crippen molar-refractivity contribution < 1.29 is 19.4 Å². The highest BCUT2D eigenvalue weighted by molar-refractivity contribution is 6.01. The summed E-state index contributed by atoms with van der Waals surface area (Å²) in [4.78, 5) is 30.5. The number of ether oxygens (including phenoxy) is 2. The Labute approximate surface area is 182 Å². The minimum absolute atomic E-state index is 0.151. The number of carbonyl (C=O) groups is 1. The van der Waals surface area contributed by atoms with Crippen LogP contribution >= 0.6 is 0 Å². The third kappa shape index (κ3) is 3.51. The molecule has 0 radical (unpaired) electrons. The quantitative estimate of drug-likeness (QED) is 0.506. The first-order chi connectivity index (χ1) is 15.6. The summed E-state index contributed by atoms with van der Waals surface area (Å²) in [5, 5.41) is 13.8.